The molecule has 0 saturated heterocycles. The van der Waals surface area contributed by atoms with Crippen LogP contribution in [0.4, 0.5) is 5.69 Å². The Labute approximate surface area is 114 Å². The van der Waals surface area contributed by atoms with Gasteiger partial charge in [-0.2, -0.15) is 0 Å². The predicted molar refractivity (Wildman–Crippen MR) is 79.7 cm³/mol. The Morgan fingerprint density at radius 2 is 1.68 bits per heavy atom. The molecule has 0 radical (unpaired) electrons. The zero-order chi connectivity index (χ0) is 13.9. The van der Waals surface area contributed by atoms with Crippen molar-refractivity contribution in [1.29, 1.82) is 0 Å². The van der Waals surface area contributed by atoms with Crippen molar-refractivity contribution in [2.24, 2.45) is 0 Å². The van der Waals surface area contributed by atoms with Crippen LogP contribution < -0.4 is 4.72 Å². The highest BCUT2D eigenvalue weighted by Gasteiger charge is 2.03. The molecule has 100 valence electrons. The lowest BCUT2D eigenvalue weighted by Crippen LogP contribution is -2.09. The van der Waals surface area contributed by atoms with Crippen molar-refractivity contribution in [3.05, 3.63) is 54.1 Å². The molecule has 0 atom stereocenters. The molecule has 0 bridgehead atoms. The molecule has 0 amide bonds. The molecule has 19 heavy (non-hydrogen) atoms. The number of benzene rings is 2. The van der Waals surface area contributed by atoms with Crippen LogP contribution in [-0.2, 0) is 16.4 Å². The number of sulfonamides is 1. The summed E-state index contributed by atoms with van der Waals surface area (Å²) in [5.41, 5.74) is 3.94. The van der Waals surface area contributed by atoms with E-state index in [9.17, 15) is 8.42 Å². The maximum Gasteiger partial charge on any atom is 0.229 e. The minimum Gasteiger partial charge on any atom is -0.284 e. The highest BCUT2D eigenvalue weighted by Crippen LogP contribution is 2.23. The Morgan fingerprint density at radius 3 is 2.26 bits per heavy atom. The molecule has 0 fully saturated rings. The summed E-state index contributed by atoms with van der Waals surface area (Å²) in [6.45, 7) is 2.12. The molecule has 3 nitrogen and oxygen atoms in total. The number of rotatable bonds is 4. The van der Waals surface area contributed by atoms with Gasteiger partial charge in [-0.15, -0.1) is 0 Å². The third kappa shape index (κ3) is 3.83. The molecule has 1 N–H and O–H groups in total. The summed E-state index contributed by atoms with van der Waals surface area (Å²) in [7, 11) is -3.24. The van der Waals surface area contributed by atoms with Crippen molar-refractivity contribution in [1.82, 2.24) is 0 Å². The molecule has 0 saturated carbocycles. The topological polar surface area (TPSA) is 46.2 Å². The average molecular weight is 275 g/mol. The second-order valence-electron chi connectivity index (χ2n) is 4.51. The van der Waals surface area contributed by atoms with Crippen molar-refractivity contribution in [3.63, 3.8) is 0 Å². The molecular formula is C15H17NO2S. The minimum absolute atomic E-state index is 0.583. The van der Waals surface area contributed by atoms with E-state index >= 15 is 0 Å². The summed E-state index contributed by atoms with van der Waals surface area (Å²) in [5, 5.41) is 0. The number of anilines is 1. The van der Waals surface area contributed by atoms with Gasteiger partial charge < -0.3 is 0 Å². The Kier molecular flexibility index (Phi) is 3.90. The van der Waals surface area contributed by atoms with Crippen LogP contribution in [-0.4, -0.2) is 14.7 Å². The molecule has 2 aromatic carbocycles. The molecule has 2 aromatic rings. The van der Waals surface area contributed by atoms with Gasteiger partial charge in [-0.1, -0.05) is 43.3 Å². The van der Waals surface area contributed by atoms with E-state index in [1.807, 2.05) is 18.2 Å². The van der Waals surface area contributed by atoms with Gasteiger partial charge in [0, 0.05) is 5.69 Å². The molecule has 0 heterocycles. The maximum atomic E-state index is 11.2. The fourth-order valence-corrected chi connectivity index (χ4v) is 2.46. The molecule has 0 aliphatic heterocycles. The minimum atomic E-state index is -3.24. The summed E-state index contributed by atoms with van der Waals surface area (Å²) in [6, 6.07) is 15.7. The fourth-order valence-electron chi connectivity index (χ4n) is 1.91. The third-order valence-electron chi connectivity index (χ3n) is 2.86. The molecule has 0 aliphatic rings. The van der Waals surface area contributed by atoms with Crippen LogP contribution in [0.2, 0.25) is 0 Å². The van der Waals surface area contributed by atoms with Gasteiger partial charge in [-0.3, -0.25) is 4.72 Å². The van der Waals surface area contributed by atoms with Crippen LogP contribution in [0.5, 0.6) is 0 Å². The number of aryl methyl sites for hydroxylation is 1. The van der Waals surface area contributed by atoms with Gasteiger partial charge in [0.25, 0.3) is 0 Å². The van der Waals surface area contributed by atoms with E-state index in [4.69, 9.17) is 0 Å². The number of hydrogen-bond donors (Lipinski definition) is 1. The highest BCUT2D eigenvalue weighted by atomic mass is 32.2. The van der Waals surface area contributed by atoms with Crippen LogP contribution in [0, 0.1) is 0 Å². The molecule has 0 unspecified atom stereocenters. The van der Waals surface area contributed by atoms with Crippen LogP contribution in [0.3, 0.4) is 0 Å². The summed E-state index contributed by atoms with van der Waals surface area (Å²) in [6.07, 6.45) is 2.16. The van der Waals surface area contributed by atoms with Gasteiger partial charge in [-0.05, 0) is 35.2 Å². The van der Waals surface area contributed by atoms with Crippen molar-refractivity contribution in [2.45, 2.75) is 13.3 Å². The van der Waals surface area contributed by atoms with Gasteiger partial charge in [0.15, 0.2) is 0 Å². The standard InChI is InChI=1S/C15H17NO2S/c1-3-12-7-9-13(10-8-12)14-5-4-6-15(11-14)16-19(2,17)18/h4-11,16H,3H2,1-2H3. The molecule has 0 aromatic heterocycles. The summed E-state index contributed by atoms with van der Waals surface area (Å²) < 4.78 is 24.9. The maximum absolute atomic E-state index is 11.2. The normalized spacial score (nSPS) is 11.3. The fraction of sp³-hybridized carbons (Fsp3) is 0.200. The Balaban J connectivity index is 2.32. The number of nitrogens with one attached hydrogen (secondary N) is 1. The van der Waals surface area contributed by atoms with Crippen LogP contribution in [0.25, 0.3) is 11.1 Å². The summed E-state index contributed by atoms with van der Waals surface area (Å²) in [4.78, 5) is 0. The summed E-state index contributed by atoms with van der Waals surface area (Å²) in [5.74, 6) is 0. The van der Waals surface area contributed by atoms with E-state index in [2.05, 4.69) is 35.9 Å². The third-order valence-corrected chi connectivity index (χ3v) is 3.47. The van der Waals surface area contributed by atoms with Gasteiger partial charge in [-0.25, -0.2) is 8.42 Å². The second-order valence-corrected chi connectivity index (χ2v) is 6.25. The van der Waals surface area contributed by atoms with E-state index in [1.54, 1.807) is 6.07 Å². The lowest BCUT2D eigenvalue weighted by molar-refractivity contribution is 0.607. The van der Waals surface area contributed by atoms with Gasteiger partial charge in [0.2, 0.25) is 10.0 Å². The lowest BCUT2D eigenvalue weighted by atomic mass is 10.0. The van der Waals surface area contributed by atoms with Crippen molar-refractivity contribution >= 4 is 15.7 Å². The molecule has 0 spiro atoms. The van der Waals surface area contributed by atoms with Crippen molar-refractivity contribution in [2.75, 3.05) is 11.0 Å². The van der Waals surface area contributed by atoms with E-state index in [-0.39, 0.29) is 0 Å². The zero-order valence-corrected chi connectivity index (χ0v) is 11.9. The van der Waals surface area contributed by atoms with Crippen LogP contribution in [0.1, 0.15) is 12.5 Å². The van der Waals surface area contributed by atoms with Crippen LogP contribution in [0.15, 0.2) is 48.5 Å². The first-order valence-electron chi connectivity index (χ1n) is 6.15. The van der Waals surface area contributed by atoms with E-state index < -0.39 is 10.0 Å². The second kappa shape index (κ2) is 5.45. The molecule has 4 heteroatoms. The van der Waals surface area contributed by atoms with Gasteiger partial charge in [0.1, 0.15) is 0 Å². The smallest absolute Gasteiger partial charge is 0.229 e. The van der Waals surface area contributed by atoms with E-state index in [0.717, 1.165) is 23.8 Å². The van der Waals surface area contributed by atoms with Gasteiger partial charge in [0.05, 0.1) is 6.26 Å². The van der Waals surface area contributed by atoms with E-state index in [1.165, 1.54) is 5.56 Å². The molecule has 2 rings (SSSR count). The largest absolute Gasteiger partial charge is 0.284 e. The van der Waals surface area contributed by atoms with Crippen LogP contribution >= 0.6 is 0 Å². The Morgan fingerprint density at radius 1 is 1.00 bits per heavy atom. The molecule has 0 aliphatic carbocycles. The quantitative estimate of drug-likeness (QED) is 0.930. The highest BCUT2D eigenvalue weighted by molar-refractivity contribution is 7.92. The van der Waals surface area contributed by atoms with Crippen molar-refractivity contribution in [3.8, 4) is 11.1 Å². The van der Waals surface area contributed by atoms with E-state index in [0.29, 0.717) is 5.69 Å². The first-order chi connectivity index (χ1) is 8.98. The number of hydrogen-bond acceptors (Lipinski definition) is 2. The van der Waals surface area contributed by atoms with Crippen molar-refractivity contribution < 1.29 is 8.42 Å². The SMILES string of the molecule is CCc1ccc(-c2cccc(NS(C)(=O)=O)c2)cc1. The Hall–Kier alpha value is -1.81. The lowest BCUT2D eigenvalue weighted by Gasteiger charge is -2.07. The Bertz CT molecular complexity index is 661. The first kappa shape index (κ1) is 13.6. The van der Waals surface area contributed by atoms with Gasteiger partial charge >= 0.3 is 0 Å². The molecular weight excluding hydrogens is 258 g/mol. The first-order valence-corrected chi connectivity index (χ1v) is 8.04. The zero-order valence-electron chi connectivity index (χ0n) is 11.1. The average Bonchev–Trinajstić information content (AvgIpc) is 2.37. The predicted octanol–water partition coefficient (Wildman–Crippen LogP) is 3.29. The summed E-state index contributed by atoms with van der Waals surface area (Å²) >= 11 is 0. The monoisotopic (exact) mass is 275 g/mol.